The van der Waals surface area contributed by atoms with E-state index in [-0.39, 0.29) is 18.9 Å². The molecule has 5 nitrogen and oxygen atoms in total. The molecule has 1 saturated carbocycles. The van der Waals surface area contributed by atoms with E-state index >= 15 is 0 Å². The maximum atomic E-state index is 11.1. The van der Waals surface area contributed by atoms with Crippen LogP contribution < -0.4 is 5.32 Å². The predicted molar refractivity (Wildman–Crippen MR) is 67.5 cm³/mol. The number of nitrogens with one attached hydrogen (secondary N) is 1. The first-order chi connectivity index (χ1) is 8.30. The third-order valence-corrected chi connectivity index (χ3v) is 3.72. The second kappa shape index (κ2) is 6.18. The monoisotopic (exact) mass is 257 g/mol. The van der Waals surface area contributed by atoms with Crippen LogP contribution in [0, 0.1) is 5.41 Å². The molecule has 0 aromatic heterocycles. The Morgan fingerprint density at radius 3 is 2.28 bits per heavy atom. The van der Waals surface area contributed by atoms with Gasteiger partial charge >= 0.3 is 11.9 Å². The highest BCUT2D eigenvalue weighted by molar-refractivity contribution is 5.75. The second-order valence-corrected chi connectivity index (χ2v) is 5.93. The minimum atomic E-state index is -0.957. The molecule has 1 atom stereocenters. The molecule has 0 amide bonds. The summed E-state index contributed by atoms with van der Waals surface area (Å²) in [6, 6.07) is -0.541. The number of rotatable bonds is 6. The summed E-state index contributed by atoms with van der Waals surface area (Å²) in [5.74, 6) is -1.91. The van der Waals surface area contributed by atoms with Gasteiger partial charge in [-0.3, -0.25) is 9.59 Å². The van der Waals surface area contributed by atoms with Crippen LogP contribution in [0.2, 0.25) is 0 Å². The lowest BCUT2D eigenvalue weighted by Gasteiger charge is -2.35. The Balaban J connectivity index is 2.42. The SMILES string of the molecule is CC1(C)CCC(N[C@@H](CCC(=O)O)C(=O)O)CC1. The number of aliphatic carboxylic acids is 2. The van der Waals surface area contributed by atoms with Gasteiger partial charge in [0.05, 0.1) is 0 Å². The lowest BCUT2D eigenvalue weighted by molar-refractivity contribution is -0.141. The highest BCUT2D eigenvalue weighted by Crippen LogP contribution is 2.35. The van der Waals surface area contributed by atoms with Crippen molar-refractivity contribution in [2.24, 2.45) is 5.41 Å². The Labute approximate surface area is 108 Å². The summed E-state index contributed by atoms with van der Waals surface area (Å²) in [4.78, 5) is 21.5. The Kier molecular flexibility index (Phi) is 5.14. The smallest absolute Gasteiger partial charge is 0.320 e. The first-order valence-corrected chi connectivity index (χ1v) is 6.51. The fraction of sp³-hybridized carbons (Fsp3) is 0.846. The lowest BCUT2D eigenvalue weighted by Crippen LogP contribution is -2.45. The van der Waals surface area contributed by atoms with Gasteiger partial charge < -0.3 is 15.5 Å². The van der Waals surface area contributed by atoms with Crippen LogP contribution in [-0.4, -0.2) is 34.2 Å². The molecule has 5 heteroatoms. The first kappa shape index (κ1) is 15.0. The van der Waals surface area contributed by atoms with E-state index in [0.29, 0.717) is 5.41 Å². The van der Waals surface area contributed by atoms with Gasteiger partial charge in [0.25, 0.3) is 0 Å². The summed E-state index contributed by atoms with van der Waals surface area (Å²) < 4.78 is 0. The maximum Gasteiger partial charge on any atom is 0.320 e. The van der Waals surface area contributed by atoms with Crippen molar-refractivity contribution >= 4 is 11.9 Å². The Morgan fingerprint density at radius 2 is 1.83 bits per heavy atom. The maximum absolute atomic E-state index is 11.1. The summed E-state index contributed by atoms with van der Waals surface area (Å²) >= 11 is 0. The van der Waals surface area contributed by atoms with E-state index < -0.39 is 18.0 Å². The van der Waals surface area contributed by atoms with E-state index in [2.05, 4.69) is 19.2 Å². The summed E-state index contributed by atoms with van der Waals surface area (Å²) in [6.07, 6.45) is 4.12. The van der Waals surface area contributed by atoms with Crippen molar-refractivity contribution in [3.8, 4) is 0 Å². The third-order valence-electron chi connectivity index (χ3n) is 3.72. The molecule has 0 saturated heterocycles. The quantitative estimate of drug-likeness (QED) is 0.676. The molecule has 3 N–H and O–H groups in total. The number of carboxylic acids is 2. The van der Waals surface area contributed by atoms with E-state index in [1.54, 1.807) is 0 Å². The number of hydrogen-bond acceptors (Lipinski definition) is 3. The van der Waals surface area contributed by atoms with Crippen LogP contribution in [0.4, 0.5) is 0 Å². The molecule has 1 aliphatic rings. The van der Waals surface area contributed by atoms with Crippen LogP contribution in [0.5, 0.6) is 0 Å². The van der Waals surface area contributed by atoms with Crippen molar-refractivity contribution < 1.29 is 19.8 Å². The second-order valence-electron chi connectivity index (χ2n) is 5.93. The lowest BCUT2D eigenvalue weighted by atomic mass is 9.75. The van der Waals surface area contributed by atoms with Crippen LogP contribution >= 0.6 is 0 Å². The van der Waals surface area contributed by atoms with Crippen molar-refractivity contribution in [1.29, 1.82) is 0 Å². The fourth-order valence-corrected chi connectivity index (χ4v) is 2.40. The summed E-state index contributed by atoms with van der Waals surface area (Å²) in [5.41, 5.74) is 0.345. The summed E-state index contributed by atoms with van der Waals surface area (Å²) in [6.45, 7) is 4.45. The van der Waals surface area contributed by atoms with Gasteiger partial charge in [-0.25, -0.2) is 0 Å². The minimum Gasteiger partial charge on any atom is -0.481 e. The number of hydrogen-bond donors (Lipinski definition) is 3. The highest BCUT2D eigenvalue weighted by Gasteiger charge is 2.29. The van der Waals surface area contributed by atoms with Gasteiger partial charge in [-0.2, -0.15) is 0 Å². The van der Waals surface area contributed by atoms with Crippen LogP contribution in [0.25, 0.3) is 0 Å². The third kappa shape index (κ3) is 5.04. The van der Waals surface area contributed by atoms with Gasteiger partial charge in [-0.05, 0) is 37.5 Å². The topological polar surface area (TPSA) is 86.6 Å². The molecule has 1 rings (SSSR count). The zero-order chi connectivity index (χ0) is 13.8. The van der Waals surface area contributed by atoms with Gasteiger partial charge in [0, 0.05) is 12.5 Å². The van der Waals surface area contributed by atoms with Crippen molar-refractivity contribution in [1.82, 2.24) is 5.32 Å². The molecular weight excluding hydrogens is 234 g/mol. The van der Waals surface area contributed by atoms with Crippen molar-refractivity contribution in [3.05, 3.63) is 0 Å². The molecular formula is C13H23NO4. The average molecular weight is 257 g/mol. The average Bonchev–Trinajstić information content (AvgIpc) is 2.25. The van der Waals surface area contributed by atoms with Crippen molar-refractivity contribution in [2.75, 3.05) is 0 Å². The molecule has 0 aromatic rings. The van der Waals surface area contributed by atoms with E-state index in [4.69, 9.17) is 10.2 Å². The van der Waals surface area contributed by atoms with Crippen LogP contribution in [0.1, 0.15) is 52.4 Å². The molecule has 1 fully saturated rings. The zero-order valence-corrected chi connectivity index (χ0v) is 11.1. The highest BCUT2D eigenvalue weighted by atomic mass is 16.4. The van der Waals surface area contributed by atoms with E-state index in [1.807, 2.05) is 0 Å². The molecule has 0 spiro atoms. The zero-order valence-electron chi connectivity index (χ0n) is 11.1. The number of carbonyl (C=O) groups is 2. The normalized spacial score (nSPS) is 21.4. The molecule has 0 bridgehead atoms. The molecule has 0 radical (unpaired) electrons. The molecule has 0 aromatic carbocycles. The van der Waals surface area contributed by atoms with Crippen LogP contribution in [0.15, 0.2) is 0 Å². The Bertz CT molecular complexity index is 304. The van der Waals surface area contributed by atoms with Crippen LogP contribution in [0.3, 0.4) is 0 Å². The van der Waals surface area contributed by atoms with E-state index in [1.165, 1.54) is 0 Å². The largest absolute Gasteiger partial charge is 0.481 e. The molecule has 1 aliphatic carbocycles. The van der Waals surface area contributed by atoms with Gasteiger partial charge in [-0.15, -0.1) is 0 Å². The molecule has 18 heavy (non-hydrogen) atoms. The van der Waals surface area contributed by atoms with Gasteiger partial charge in [-0.1, -0.05) is 13.8 Å². The fourth-order valence-electron chi connectivity index (χ4n) is 2.40. The molecule has 0 heterocycles. The minimum absolute atomic E-state index is 0.109. The Hall–Kier alpha value is -1.10. The summed E-state index contributed by atoms with van der Waals surface area (Å²) in [7, 11) is 0. The van der Waals surface area contributed by atoms with Gasteiger partial charge in [0.2, 0.25) is 0 Å². The van der Waals surface area contributed by atoms with Crippen molar-refractivity contribution in [2.45, 2.75) is 64.5 Å². The molecule has 0 aliphatic heterocycles. The number of carboxylic acid groups (broad SMARTS) is 2. The van der Waals surface area contributed by atoms with E-state index in [9.17, 15) is 9.59 Å². The van der Waals surface area contributed by atoms with E-state index in [0.717, 1.165) is 25.7 Å². The first-order valence-electron chi connectivity index (χ1n) is 6.51. The van der Waals surface area contributed by atoms with Crippen molar-refractivity contribution in [3.63, 3.8) is 0 Å². The van der Waals surface area contributed by atoms with Gasteiger partial charge in [0.1, 0.15) is 6.04 Å². The standard InChI is InChI=1S/C13H23NO4/c1-13(2)7-5-9(6-8-13)14-10(12(17)18)3-4-11(15)16/h9-10,14H,3-8H2,1-2H3,(H,15,16)(H,17,18)/t10-/m0/s1. The Morgan fingerprint density at radius 1 is 1.28 bits per heavy atom. The predicted octanol–water partition coefficient (Wildman–Crippen LogP) is 1.86. The van der Waals surface area contributed by atoms with Crippen LogP contribution in [-0.2, 0) is 9.59 Å². The molecule has 104 valence electrons. The molecule has 0 unspecified atom stereocenters. The van der Waals surface area contributed by atoms with Gasteiger partial charge in [0.15, 0.2) is 0 Å². The summed E-state index contributed by atoms with van der Waals surface area (Å²) in [5, 5.41) is 20.7.